The standard InChI is InChI=1S/C12H21N5O/c1-8(2)12-15-10(5-11(16-12)17-13)14-6-9-3-4-18-7-9/h5,8-9H,3-4,6-7,13H2,1-2H3,(H2,14,15,16,17). The number of aromatic nitrogens is 2. The molecular weight excluding hydrogens is 230 g/mol. The monoisotopic (exact) mass is 251 g/mol. The Morgan fingerprint density at radius 1 is 1.44 bits per heavy atom. The van der Waals surface area contributed by atoms with Gasteiger partial charge >= 0.3 is 0 Å². The number of ether oxygens (including phenoxy) is 1. The molecule has 0 bridgehead atoms. The van der Waals surface area contributed by atoms with E-state index < -0.39 is 0 Å². The first kappa shape index (κ1) is 13.0. The molecule has 1 fully saturated rings. The molecule has 0 radical (unpaired) electrons. The Balaban J connectivity index is 2.03. The summed E-state index contributed by atoms with van der Waals surface area (Å²) in [6.45, 7) is 6.69. The highest BCUT2D eigenvalue weighted by atomic mass is 16.5. The van der Waals surface area contributed by atoms with Gasteiger partial charge in [-0.25, -0.2) is 15.8 Å². The van der Waals surface area contributed by atoms with E-state index in [-0.39, 0.29) is 5.92 Å². The number of rotatable bonds is 5. The molecule has 6 heteroatoms. The number of nitrogens with one attached hydrogen (secondary N) is 2. The largest absolute Gasteiger partial charge is 0.381 e. The number of nitrogen functional groups attached to an aromatic ring is 1. The van der Waals surface area contributed by atoms with Crippen LogP contribution in [0, 0.1) is 5.92 Å². The number of hydrogen-bond donors (Lipinski definition) is 3. The van der Waals surface area contributed by atoms with Crippen molar-refractivity contribution in [2.24, 2.45) is 11.8 Å². The summed E-state index contributed by atoms with van der Waals surface area (Å²) < 4.78 is 5.35. The summed E-state index contributed by atoms with van der Waals surface area (Å²) >= 11 is 0. The smallest absolute Gasteiger partial charge is 0.145 e. The third kappa shape index (κ3) is 3.30. The van der Waals surface area contributed by atoms with Crippen LogP contribution in [0.25, 0.3) is 0 Å². The molecule has 1 unspecified atom stereocenters. The van der Waals surface area contributed by atoms with E-state index in [2.05, 4.69) is 34.6 Å². The summed E-state index contributed by atoms with van der Waals surface area (Å²) in [5.41, 5.74) is 2.57. The van der Waals surface area contributed by atoms with Crippen LogP contribution in [0.1, 0.15) is 32.0 Å². The Morgan fingerprint density at radius 3 is 2.83 bits per heavy atom. The van der Waals surface area contributed by atoms with Gasteiger partial charge in [0.25, 0.3) is 0 Å². The minimum absolute atomic E-state index is 0.272. The van der Waals surface area contributed by atoms with Gasteiger partial charge < -0.3 is 15.5 Å². The normalized spacial score (nSPS) is 19.2. The maximum Gasteiger partial charge on any atom is 0.145 e. The van der Waals surface area contributed by atoms with Crippen molar-refractivity contribution >= 4 is 11.6 Å². The van der Waals surface area contributed by atoms with Crippen LogP contribution in [-0.2, 0) is 4.74 Å². The van der Waals surface area contributed by atoms with Gasteiger partial charge in [0.1, 0.15) is 17.5 Å². The van der Waals surface area contributed by atoms with Crippen molar-refractivity contribution in [2.75, 3.05) is 30.5 Å². The second-order valence-electron chi connectivity index (χ2n) is 4.91. The molecule has 1 aromatic heterocycles. The van der Waals surface area contributed by atoms with E-state index in [9.17, 15) is 0 Å². The molecule has 0 saturated carbocycles. The second-order valence-corrected chi connectivity index (χ2v) is 4.91. The molecule has 6 nitrogen and oxygen atoms in total. The van der Waals surface area contributed by atoms with Crippen LogP contribution in [0.15, 0.2) is 6.07 Å². The summed E-state index contributed by atoms with van der Waals surface area (Å²) in [5.74, 6) is 8.50. The zero-order valence-electron chi connectivity index (χ0n) is 10.9. The van der Waals surface area contributed by atoms with Crippen molar-refractivity contribution in [2.45, 2.75) is 26.2 Å². The topological polar surface area (TPSA) is 85.1 Å². The van der Waals surface area contributed by atoms with Crippen LogP contribution in [0.3, 0.4) is 0 Å². The average Bonchev–Trinajstić information content (AvgIpc) is 2.89. The fourth-order valence-electron chi connectivity index (χ4n) is 1.88. The summed E-state index contributed by atoms with van der Waals surface area (Å²) in [4.78, 5) is 8.80. The predicted molar refractivity (Wildman–Crippen MR) is 71.3 cm³/mol. The predicted octanol–water partition coefficient (Wildman–Crippen LogP) is 1.33. The second kappa shape index (κ2) is 5.97. The highest BCUT2D eigenvalue weighted by Gasteiger charge is 2.16. The van der Waals surface area contributed by atoms with E-state index >= 15 is 0 Å². The van der Waals surface area contributed by atoms with Gasteiger partial charge in [-0.1, -0.05) is 13.8 Å². The minimum Gasteiger partial charge on any atom is -0.381 e. The maximum atomic E-state index is 5.42. The first-order valence-corrected chi connectivity index (χ1v) is 6.36. The third-order valence-electron chi connectivity index (χ3n) is 3.00. The van der Waals surface area contributed by atoms with Crippen molar-refractivity contribution in [3.63, 3.8) is 0 Å². The van der Waals surface area contributed by atoms with E-state index in [0.29, 0.717) is 11.7 Å². The van der Waals surface area contributed by atoms with Crippen molar-refractivity contribution in [1.29, 1.82) is 0 Å². The molecule has 2 heterocycles. The quantitative estimate of drug-likeness (QED) is 0.541. The molecular formula is C12H21N5O. The van der Waals surface area contributed by atoms with Crippen molar-refractivity contribution in [3.05, 3.63) is 11.9 Å². The van der Waals surface area contributed by atoms with Crippen LogP contribution < -0.4 is 16.6 Å². The van der Waals surface area contributed by atoms with Gasteiger partial charge in [0, 0.05) is 31.1 Å². The van der Waals surface area contributed by atoms with Gasteiger partial charge in [0.2, 0.25) is 0 Å². The number of hydrazine groups is 1. The molecule has 1 atom stereocenters. The van der Waals surface area contributed by atoms with E-state index in [4.69, 9.17) is 10.6 Å². The number of nitrogens with two attached hydrogens (primary N) is 1. The van der Waals surface area contributed by atoms with Crippen molar-refractivity contribution in [3.8, 4) is 0 Å². The van der Waals surface area contributed by atoms with E-state index in [1.807, 2.05) is 6.07 Å². The summed E-state index contributed by atoms with van der Waals surface area (Å²) in [6, 6.07) is 1.82. The van der Waals surface area contributed by atoms with Crippen LogP contribution >= 0.6 is 0 Å². The van der Waals surface area contributed by atoms with Gasteiger partial charge in [0.05, 0.1) is 6.61 Å². The highest BCUT2D eigenvalue weighted by Crippen LogP contribution is 2.18. The molecule has 18 heavy (non-hydrogen) atoms. The molecule has 1 saturated heterocycles. The fraction of sp³-hybridized carbons (Fsp3) is 0.667. The van der Waals surface area contributed by atoms with Gasteiger partial charge in [-0.2, -0.15) is 0 Å². The van der Waals surface area contributed by atoms with Gasteiger partial charge in [-0.05, 0) is 6.42 Å². The zero-order chi connectivity index (χ0) is 13.0. The average molecular weight is 251 g/mol. The van der Waals surface area contributed by atoms with E-state index in [1.165, 1.54) is 0 Å². The summed E-state index contributed by atoms with van der Waals surface area (Å²) in [6.07, 6.45) is 1.11. The lowest BCUT2D eigenvalue weighted by atomic mass is 10.1. The fourth-order valence-corrected chi connectivity index (χ4v) is 1.88. The first-order chi connectivity index (χ1) is 8.69. The van der Waals surface area contributed by atoms with Gasteiger partial charge in [-0.15, -0.1) is 0 Å². The molecule has 1 aliphatic rings. The molecule has 0 aromatic carbocycles. The third-order valence-corrected chi connectivity index (χ3v) is 3.00. The van der Waals surface area contributed by atoms with Crippen LogP contribution in [0.4, 0.5) is 11.6 Å². The van der Waals surface area contributed by atoms with E-state index in [1.54, 1.807) is 0 Å². The molecule has 0 spiro atoms. The lowest BCUT2D eigenvalue weighted by Gasteiger charge is -2.13. The van der Waals surface area contributed by atoms with E-state index in [0.717, 1.165) is 37.8 Å². The molecule has 1 aromatic rings. The van der Waals surface area contributed by atoms with Gasteiger partial charge in [0.15, 0.2) is 0 Å². The maximum absolute atomic E-state index is 5.42. The zero-order valence-corrected chi connectivity index (χ0v) is 10.9. The van der Waals surface area contributed by atoms with Crippen LogP contribution in [0.2, 0.25) is 0 Å². The van der Waals surface area contributed by atoms with Gasteiger partial charge in [-0.3, -0.25) is 0 Å². The molecule has 100 valence electrons. The Hall–Kier alpha value is -1.40. The number of anilines is 2. The van der Waals surface area contributed by atoms with Crippen molar-refractivity contribution in [1.82, 2.24) is 9.97 Å². The molecule has 1 aliphatic heterocycles. The summed E-state index contributed by atoms with van der Waals surface area (Å²) in [7, 11) is 0. The Morgan fingerprint density at radius 2 is 2.22 bits per heavy atom. The Bertz CT molecular complexity index is 390. The van der Waals surface area contributed by atoms with Crippen molar-refractivity contribution < 1.29 is 4.74 Å². The highest BCUT2D eigenvalue weighted by molar-refractivity contribution is 5.47. The van der Waals surface area contributed by atoms with Crippen LogP contribution in [0.5, 0.6) is 0 Å². The molecule has 2 rings (SSSR count). The number of hydrogen-bond acceptors (Lipinski definition) is 6. The SMILES string of the molecule is CC(C)c1nc(NN)cc(NCC2CCOC2)n1. The van der Waals surface area contributed by atoms with Crippen LogP contribution in [-0.4, -0.2) is 29.7 Å². The Kier molecular flexibility index (Phi) is 4.33. The lowest BCUT2D eigenvalue weighted by molar-refractivity contribution is 0.187. The summed E-state index contributed by atoms with van der Waals surface area (Å²) in [5, 5.41) is 3.33. The molecule has 0 amide bonds. The molecule has 4 N–H and O–H groups in total. The molecule has 0 aliphatic carbocycles. The first-order valence-electron chi connectivity index (χ1n) is 6.36. The lowest BCUT2D eigenvalue weighted by Crippen LogP contribution is -2.17. The number of nitrogens with zero attached hydrogens (tertiary/aromatic N) is 2. The minimum atomic E-state index is 0.272. The Labute approximate surface area is 107 Å².